The second-order valence-electron chi connectivity index (χ2n) is 9.54. The summed E-state index contributed by atoms with van der Waals surface area (Å²) >= 11 is 0. The average Bonchev–Trinajstić information content (AvgIpc) is 2.85. The number of anilines is 1. The fraction of sp³-hybridized carbons (Fsp3) is 0.519. The van der Waals surface area contributed by atoms with E-state index in [0.717, 1.165) is 56.6 Å². The summed E-state index contributed by atoms with van der Waals surface area (Å²) in [6.45, 7) is 0.869. The van der Waals surface area contributed by atoms with E-state index in [1.165, 1.54) is 5.56 Å². The lowest BCUT2D eigenvalue weighted by molar-refractivity contribution is -0.143. The molecule has 2 aliphatic rings. The van der Waals surface area contributed by atoms with Crippen LogP contribution in [0.3, 0.4) is 0 Å². The molecule has 0 unspecified atom stereocenters. The fourth-order valence-electron chi connectivity index (χ4n) is 4.81. The van der Waals surface area contributed by atoms with Gasteiger partial charge in [-0.25, -0.2) is 9.78 Å². The summed E-state index contributed by atoms with van der Waals surface area (Å²) in [5, 5.41) is 25.1. The number of hydrogen-bond acceptors (Lipinski definition) is 6. The van der Waals surface area contributed by atoms with Gasteiger partial charge < -0.3 is 25.6 Å². The molecule has 2 aromatic rings. The van der Waals surface area contributed by atoms with E-state index in [2.05, 4.69) is 22.8 Å². The Kier molecular flexibility index (Phi) is 8.71. The number of carboxylic acid groups (broad SMARTS) is 1. The predicted molar refractivity (Wildman–Crippen MR) is 132 cm³/mol. The lowest BCUT2D eigenvalue weighted by Crippen LogP contribution is -2.44. The average molecular weight is 482 g/mol. The summed E-state index contributed by atoms with van der Waals surface area (Å²) in [4.78, 5) is 29.0. The van der Waals surface area contributed by atoms with E-state index in [0.29, 0.717) is 11.5 Å². The number of amides is 1. The van der Waals surface area contributed by atoms with Crippen LogP contribution >= 0.6 is 0 Å². The molecule has 4 rings (SSSR count). The molecule has 0 radical (unpaired) electrons. The van der Waals surface area contributed by atoms with Crippen molar-refractivity contribution in [2.24, 2.45) is 5.92 Å². The molecule has 8 nitrogen and oxygen atoms in total. The molecule has 1 fully saturated rings. The highest BCUT2D eigenvalue weighted by Gasteiger charge is 2.31. The first-order chi connectivity index (χ1) is 17.0. The number of ether oxygens (including phenoxy) is 1. The normalized spacial score (nSPS) is 20.6. The van der Waals surface area contributed by atoms with Gasteiger partial charge in [0.2, 0.25) is 5.91 Å². The Labute approximate surface area is 206 Å². The first kappa shape index (κ1) is 25.1. The second kappa shape index (κ2) is 12.1. The number of nitrogens with zero attached hydrogens (tertiary/aromatic N) is 1. The van der Waals surface area contributed by atoms with Crippen LogP contribution in [-0.4, -0.2) is 59.0 Å². The van der Waals surface area contributed by atoms with Crippen LogP contribution in [0, 0.1) is 5.92 Å². The molecule has 0 spiro atoms. The number of aliphatic hydroxyl groups is 1. The molecule has 0 bridgehead atoms. The number of pyridine rings is 1. The molecule has 1 saturated carbocycles. The lowest BCUT2D eigenvalue weighted by atomic mass is 9.79. The highest BCUT2D eigenvalue weighted by molar-refractivity contribution is 5.88. The van der Waals surface area contributed by atoms with Crippen LogP contribution in [0.2, 0.25) is 0 Å². The van der Waals surface area contributed by atoms with E-state index in [1.807, 2.05) is 6.07 Å². The van der Waals surface area contributed by atoms with Crippen molar-refractivity contribution in [3.05, 3.63) is 59.3 Å². The molecule has 35 heavy (non-hydrogen) atoms. The van der Waals surface area contributed by atoms with Crippen molar-refractivity contribution < 1.29 is 24.5 Å². The topological polar surface area (TPSA) is 121 Å². The summed E-state index contributed by atoms with van der Waals surface area (Å²) in [6.07, 6.45) is 6.53. The van der Waals surface area contributed by atoms with E-state index in [-0.39, 0.29) is 25.7 Å². The zero-order chi connectivity index (χ0) is 24.6. The Morgan fingerprint density at radius 2 is 1.97 bits per heavy atom. The van der Waals surface area contributed by atoms with Gasteiger partial charge in [0.1, 0.15) is 11.9 Å². The van der Waals surface area contributed by atoms with Crippen LogP contribution in [0.15, 0.2) is 42.5 Å². The molecular formula is C27H35N3O5. The van der Waals surface area contributed by atoms with Crippen LogP contribution < -0.4 is 10.6 Å². The number of benzene rings is 1. The van der Waals surface area contributed by atoms with Gasteiger partial charge in [-0.3, -0.25) is 4.79 Å². The molecule has 1 aliphatic carbocycles. The summed E-state index contributed by atoms with van der Waals surface area (Å²) in [5.74, 6) is -0.771. The lowest BCUT2D eigenvalue weighted by Gasteiger charge is -2.35. The molecule has 4 N–H and O–H groups in total. The number of nitrogens with one attached hydrogen (secondary N) is 2. The molecule has 1 aliphatic heterocycles. The summed E-state index contributed by atoms with van der Waals surface area (Å²) in [7, 11) is 0. The second-order valence-corrected chi connectivity index (χ2v) is 9.54. The van der Waals surface area contributed by atoms with Gasteiger partial charge in [-0.2, -0.15) is 0 Å². The van der Waals surface area contributed by atoms with E-state index in [1.54, 1.807) is 24.3 Å². The standard InChI is InChI=1S/C27H35N3O5/c31-17-23(19-5-2-1-3-6-19)26(32)30-24(27(33)34)12-14-35-22-15-18(16-22)8-10-21-11-9-20-7-4-13-28-25(20)29-21/h1-3,5-6,9,11,18,22-24,31H,4,7-8,10,12-17H2,(H,28,29)(H,30,32)(H,33,34)/t18-,22-,23-,24+/m1/s1. The van der Waals surface area contributed by atoms with Gasteiger partial charge in [0.25, 0.3) is 0 Å². The van der Waals surface area contributed by atoms with Crippen molar-refractivity contribution in [3.63, 3.8) is 0 Å². The van der Waals surface area contributed by atoms with Crippen LogP contribution in [0.5, 0.6) is 0 Å². The van der Waals surface area contributed by atoms with Crippen LogP contribution in [0.4, 0.5) is 5.82 Å². The molecule has 0 saturated heterocycles. The monoisotopic (exact) mass is 481 g/mol. The van der Waals surface area contributed by atoms with Crippen LogP contribution in [0.1, 0.15) is 54.8 Å². The number of aromatic nitrogens is 1. The van der Waals surface area contributed by atoms with E-state index in [4.69, 9.17) is 9.72 Å². The van der Waals surface area contributed by atoms with Gasteiger partial charge >= 0.3 is 5.97 Å². The number of aliphatic hydroxyl groups excluding tert-OH is 1. The largest absolute Gasteiger partial charge is 0.480 e. The highest BCUT2D eigenvalue weighted by atomic mass is 16.5. The number of fused-ring (bicyclic) bond motifs is 1. The van der Waals surface area contributed by atoms with Gasteiger partial charge in [0, 0.05) is 25.3 Å². The SMILES string of the molecule is O=C(O)[C@H](CCO[C@H]1C[C@H](CCc2ccc3c(n2)NCCC3)C1)NC(=O)[C@H](CO)c1ccccc1. The maximum Gasteiger partial charge on any atom is 0.326 e. The number of aliphatic carboxylic acids is 1. The van der Waals surface area contributed by atoms with Gasteiger partial charge in [0.05, 0.1) is 18.6 Å². The van der Waals surface area contributed by atoms with Crippen molar-refractivity contribution in [2.45, 2.75) is 63.0 Å². The van der Waals surface area contributed by atoms with Gasteiger partial charge in [-0.1, -0.05) is 36.4 Å². The third-order valence-electron chi connectivity index (χ3n) is 7.03. The molecule has 188 valence electrons. The highest BCUT2D eigenvalue weighted by Crippen LogP contribution is 2.34. The first-order valence-corrected chi connectivity index (χ1v) is 12.6. The van der Waals surface area contributed by atoms with Crippen molar-refractivity contribution in [1.29, 1.82) is 0 Å². The predicted octanol–water partition coefficient (Wildman–Crippen LogP) is 2.90. The number of carboxylic acids is 1. The molecule has 8 heteroatoms. The maximum absolute atomic E-state index is 12.6. The van der Waals surface area contributed by atoms with Crippen LogP contribution in [0.25, 0.3) is 0 Å². The van der Waals surface area contributed by atoms with E-state index >= 15 is 0 Å². The Bertz CT molecular complexity index is 994. The number of aryl methyl sites for hydroxylation is 2. The van der Waals surface area contributed by atoms with Crippen molar-refractivity contribution >= 4 is 17.7 Å². The minimum absolute atomic E-state index is 0.137. The van der Waals surface area contributed by atoms with E-state index in [9.17, 15) is 19.8 Å². The Hall–Kier alpha value is -2.97. The molecule has 1 amide bonds. The van der Waals surface area contributed by atoms with Crippen molar-refractivity contribution in [1.82, 2.24) is 10.3 Å². The summed E-state index contributed by atoms with van der Waals surface area (Å²) in [6, 6.07) is 12.1. The molecule has 2 heterocycles. The molecule has 1 aromatic heterocycles. The minimum atomic E-state index is -1.11. The Morgan fingerprint density at radius 3 is 2.71 bits per heavy atom. The number of rotatable bonds is 12. The van der Waals surface area contributed by atoms with Crippen molar-refractivity contribution in [3.8, 4) is 0 Å². The Morgan fingerprint density at radius 1 is 1.17 bits per heavy atom. The zero-order valence-corrected chi connectivity index (χ0v) is 20.0. The molecule has 2 atom stereocenters. The molecular weight excluding hydrogens is 446 g/mol. The number of carbonyl (C=O) groups is 2. The first-order valence-electron chi connectivity index (χ1n) is 12.6. The van der Waals surface area contributed by atoms with Gasteiger partial charge in [0.15, 0.2) is 0 Å². The third-order valence-corrected chi connectivity index (χ3v) is 7.03. The maximum atomic E-state index is 12.6. The van der Waals surface area contributed by atoms with Gasteiger partial charge in [-0.15, -0.1) is 0 Å². The quantitative estimate of drug-likeness (QED) is 0.368. The van der Waals surface area contributed by atoms with Crippen molar-refractivity contribution in [2.75, 3.05) is 25.1 Å². The fourth-order valence-corrected chi connectivity index (χ4v) is 4.81. The molecule has 1 aromatic carbocycles. The summed E-state index contributed by atoms with van der Waals surface area (Å²) < 4.78 is 5.88. The zero-order valence-electron chi connectivity index (χ0n) is 20.0. The third kappa shape index (κ3) is 6.80. The number of hydrogen-bond donors (Lipinski definition) is 4. The smallest absolute Gasteiger partial charge is 0.326 e. The minimum Gasteiger partial charge on any atom is -0.480 e. The van der Waals surface area contributed by atoms with Gasteiger partial charge in [-0.05, 0) is 61.6 Å². The number of carbonyl (C=O) groups excluding carboxylic acids is 1. The summed E-state index contributed by atoms with van der Waals surface area (Å²) in [5.41, 5.74) is 3.08. The van der Waals surface area contributed by atoms with E-state index < -0.39 is 23.8 Å². The Balaban J connectivity index is 1.15. The van der Waals surface area contributed by atoms with Crippen LogP contribution in [-0.2, 0) is 27.2 Å².